The first-order valence-electron chi connectivity index (χ1n) is 5.67. The van der Waals surface area contributed by atoms with Gasteiger partial charge < -0.3 is 9.72 Å². The standard InChI is InChI=1S/C10H17N3O3S/c1-8-11-6-10(13-8)17(14,15)12-4-2-9-3-5-16-7-9/h6,9,12H,2-5,7H2,1H3,(H,11,13). The third kappa shape index (κ3) is 3.27. The van der Waals surface area contributed by atoms with E-state index in [2.05, 4.69) is 14.7 Å². The van der Waals surface area contributed by atoms with Crippen LogP contribution in [0.2, 0.25) is 0 Å². The lowest BCUT2D eigenvalue weighted by Crippen LogP contribution is -2.26. The van der Waals surface area contributed by atoms with Crippen LogP contribution in [0.25, 0.3) is 0 Å². The van der Waals surface area contributed by atoms with Gasteiger partial charge in [-0.05, 0) is 25.7 Å². The van der Waals surface area contributed by atoms with Gasteiger partial charge >= 0.3 is 0 Å². The summed E-state index contributed by atoms with van der Waals surface area (Å²) in [6.45, 7) is 3.69. The molecule has 1 aromatic rings. The van der Waals surface area contributed by atoms with Crippen LogP contribution in [-0.4, -0.2) is 38.1 Å². The zero-order chi connectivity index (χ0) is 12.3. The fourth-order valence-electron chi connectivity index (χ4n) is 1.82. The molecule has 2 rings (SSSR count). The van der Waals surface area contributed by atoms with Crippen LogP contribution in [0.4, 0.5) is 0 Å². The quantitative estimate of drug-likeness (QED) is 0.803. The molecule has 0 amide bonds. The fraction of sp³-hybridized carbons (Fsp3) is 0.700. The van der Waals surface area contributed by atoms with Gasteiger partial charge in [0.25, 0.3) is 10.0 Å². The van der Waals surface area contributed by atoms with Gasteiger partial charge in [0.1, 0.15) is 5.82 Å². The van der Waals surface area contributed by atoms with E-state index in [-0.39, 0.29) is 5.03 Å². The Kier molecular flexibility index (Phi) is 3.80. The summed E-state index contributed by atoms with van der Waals surface area (Å²) in [5.74, 6) is 1.07. The molecular formula is C10H17N3O3S. The second-order valence-corrected chi connectivity index (χ2v) is 5.98. The third-order valence-electron chi connectivity index (χ3n) is 2.84. The third-order valence-corrected chi connectivity index (χ3v) is 4.21. The Labute approximate surface area is 101 Å². The molecule has 1 unspecified atom stereocenters. The summed E-state index contributed by atoms with van der Waals surface area (Å²) in [6, 6.07) is 0. The lowest BCUT2D eigenvalue weighted by molar-refractivity contribution is 0.184. The molecule has 0 aromatic carbocycles. The van der Waals surface area contributed by atoms with Gasteiger partial charge in [-0.1, -0.05) is 0 Å². The van der Waals surface area contributed by atoms with Crippen molar-refractivity contribution in [3.05, 3.63) is 12.0 Å². The molecule has 1 aliphatic heterocycles. The molecular weight excluding hydrogens is 242 g/mol. The van der Waals surface area contributed by atoms with E-state index in [1.54, 1.807) is 6.92 Å². The molecule has 1 aromatic heterocycles. The Morgan fingerprint density at radius 3 is 3.06 bits per heavy atom. The molecule has 17 heavy (non-hydrogen) atoms. The molecule has 6 nitrogen and oxygen atoms in total. The molecule has 0 bridgehead atoms. The Balaban J connectivity index is 1.85. The highest BCUT2D eigenvalue weighted by molar-refractivity contribution is 7.89. The van der Waals surface area contributed by atoms with E-state index in [0.29, 0.717) is 18.3 Å². The zero-order valence-electron chi connectivity index (χ0n) is 9.77. The highest BCUT2D eigenvalue weighted by Crippen LogP contribution is 2.15. The molecule has 1 aliphatic rings. The zero-order valence-corrected chi connectivity index (χ0v) is 10.6. The summed E-state index contributed by atoms with van der Waals surface area (Å²) in [5, 5.41) is 0.123. The Hall–Kier alpha value is -0.920. The highest BCUT2D eigenvalue weighted by Gasteiger charge is 2.19. The second-order valence-electron chi connectivity index (χ2n) is 4.25. The maximum Gasteiger partial charge on any atom is 0.257 e. The molecule has 0 saturated carbocycles. The van der Waals surface area contributed by atoms with Gasteiger partial charge in [0.15, 0.2) is 5.03 Å². The number of imidazole rings is 1. The molecule has 2 heterocycles. The number of ether oxygens (including phenoxy) is 1. The van der Waals surface area contributed by atoms with E-state index in [0.717, 1.165) is 26.1 Å². The van der Waals surface area contributed by atoms with E-state index >= 15 is 0 Å². The maximum absolute atomic E-state index is 11.8. The van der Waals surface area contributed by atoms with Crippen molar-refractivity contribution in [3.63, 3.8) is 0 Å². The largest absolute Gasteiger partial charge is 0.381 e. The molecule has 0 radical (unpaired) electrons. The van der Waals surface area contributed by atoms with Crippen molar-refractivity contribution < 1.29 is 13.2 Å². The number of aryl methyl sites for hydroxylation is 1. The molecule has 7 heteroatoms. The number of nitrogens with zero attached hydrogens (tertiary/aromatic N) is 1. The van der Waals surface area contributed by atoms with Gasteiger partial charge in [-0.3, -0.25) is 0 Å². The van der Waals surface area contributed by atoms with Gasteiger partial charge in [-0.2, -0.15) is 0 Å². The summed E-state index contributed by atoms with van der Waals surface area (Å²) in [6.07, 6.45) is 3.16. The van der Waals surface area contributed by atoms with Crippen LogP contribution in [0.3, 0.4) is 0 Å². The number of sulfonamides is 1. The first kappa shape index (κ1) is 12.5. The van der Waals surface area contributed by atoms with E-state index in [1.165, 1.54) is 6.20 Å². The highest BCUT2D eigenvalue weighted by atomic mass is 32.2. The van der Waals surface area contributed by atoms with Crippen molar-refractivity contribution >= 4 is 10.0 Å². The average Bonchev–Trinajstić information content (AvgIpc) is 2.89. The minimum Gasteiger partial charge on any atom is -0.381 e. The van der Waals surface area contributed by atoms with Crippen molar-refractivity contribution in [3.8, 4) is 0 Å². The van der Waals surface area contributed by atoms with Crippen LogP contribution in [0.5, 0.6) is 0 Å². The lowest BCUT2D eigenvalue weighted by atomic mass is 10.1. The molecule has 1 atom stereocenters. The van der Waals surface area contributed by atoms with E-state index < -0.39 is 10.0 Å². The number of aromatic nitrogens is 2. The minimum absolute atomic E-state index is 0.123. The number of hydrogen-bond donors (Lipinski definition) is 2. The molecule has 1 saturated heterocycles. The van der Waals surface area contributed by atoms with Gasteiger partial charge in [0.2, 0.25) is 0 Å². The van der Waals surface area contributed by atoms with Gasteiger partial charge in [-0.25, -0.2) is 18.1 Å². The SMILES string of the molecule is Cc1ncc(S(=O)(=O)NCCC2CCOC2)[nH]1. The van der Waals surface area contributed by atoms with E-state index in [1.807, 2.05) is 0 Å². The summed E-state index contributed by atoms with van der Waals surface area (Å²) in [7, 11) is -3.44. The van der Waals surface area contributed by atoms with Crippen molar-refractivity contribution in [2.45, 2.75) is 24.8 Å². The van der Waals surface area contributed by atoms with E-state index in [4.69, 9.17) is 4.74 Å². The minimum atomic E-state index is -3.44. The average molecular weight is 259 g/mol. The van der Waals surface area contributed by atoms with Crippen LogP contribution in [-0.2, 0) is 14.8 Å². The van der Waals surface area contributed by atoms with Gasteiger partial charge in [-0.15, -0.1) is 0 Å². The molecule has 0 spiro atoms. The molecule has 0 aliphatic carbocycles. The molecule has 96 valence electrons. The Bertz CT molecular complexity index is 463. The van der Waals surface area contributed by atoms with Crippen molar-refractivity contribution in [2.75, 3.05) is 19.8 Å². The van der Waals surface area contributed by atoms with Crippen LogP contribution in [0.1, 0.15) is 18.7 Å². The van der Waals surface area contributed by atoms with Crippen molar-refractivity contribution in [1.29, 1.82) is 0 Å². The van der Waals surface area contributed by atoms with Gasteiger partial charge in [0, 0.05) is 19.8 Å². The summed E-state index contributed by atoms with van der Waals surface area (Å²) >= 11 is 0. The predicted octanol–water partition coefficient (Wildman–Crippen LogP) is 0.423. The number of H-pyrrole nitrogens is 1. The number of aromatic amines is 1. The van der Waals surface area contributed by atoms with E-state index in [9.17, 15) is 8.42 Å². The van der Waals surface area contributed by atoms with Crippen molar-refractivity contribution in [1.82, 2.24) is 14.7 Å². The lowest BCUT2D eigenvalue weighted by Gasteiger charge is -2.08. The first-order chi connectivity index (χ1) is 8.08. The summed E-state index contributed by atoms with van der Waals surface area (Å²) in [4.78, 5) is 6.58. The van der Waals surface area contributed by atoms with Gasteiger partial charge in [0.05, 0.1) is 6.20 Å². The molecule has 1 fully saturated rings. The first-order valence-corrected chi connectivity index (χ1v) is 7.15. The van der Waals surface area contributed by atoms with Crippen LogP contribution >= 0.6 is 0 Å². The number of rotatable bonds is 5. The molecule has 2 N–H and O–H groups in total. The second kappa shape index (κ2) is 5.16. The number of nitrogens with one attached hydrogen (secondary N) is 2. The maximum atomic E-state index is 11.8. The fourth-order valence-corrected chi connectivity index (χ4v) is 2.84. The van der Waals surface area contributed by atoms with Crippen LogP contribution < -0.4 is 4.72 Å². The monoisotopic (exact) mass is 259 g/mol. The van der Waals surface area contributed by atoms with Crippen LogP contribution in [0, 0.1) is 12.8 Å². The van der Waals surface area contributed by atoms with Crippen LogP contribution in [0.15, 0.2) is 11.2 Å². The Morgan fingerprint density at radius 2 is 2.47 bits per heavy atom. The number of hydrogen-bond acceptors (Lipinski definition) is 4. The summed E-state index contributed by atoms with van der Waals surface area (Å²) < 4.78 is 31.4. The smallest absolute Gasteiger partial charge is 0.257 e. The Morgan fingerprint density at radius 1 is 1.65 bits per heavy atom. The van der Waals surface area contributed by atoms with Crippen molar-refractivity contribution in [2.24, 2.45) is 5.92 Å². The normalized spacial score (nSPS) is 20.9. The topological polar surface area (TPSA) is 84.1 Å². The summed E-state index contributed by atoms with van der Waals surface area (Å²) in [5.41, 5.74) is 0. The predicted molar refractivity (Wildman–Crippen MR) is 62.1 cm³/mol.